The standard InChI is InChI=1S/C19H17N3OS/c1-19(24)5-2-14-15-8-13(9-17(15)23-18(14)22-11-19)16(10-20)12-3-6-21-7-4-12/h2-7,11,15,17,24H,8-9H2,1H3/b16-13-. The zero-order valence-electron chi connectivity index (χ0n) is 13.3. The number of aliphatic imine (C=N–C) groups is 1. The molecule has 1 aliphatic carbocycles. The summed E-state index contributed by atoms with van der Waals surface area (Å²) in [5.74, 6) is 0.969. The predicted molar refractivity (Wildman–Crippen MR) is 96.4 cm³/mol. The lowest BCUT2D eigenvalue weighted by Crippen LogP contribution is -2.15. The first kappa shape index (κ1) is 15.2. The second kappa shape index (κ2) is 5.64. The summed E-state index contributed by atoms with van der Waals surface area (Å²) in [6.45, 7) is 1.99. The Morgan fingerprint density at radius 2 is 2.17 bits per heavy atom. The number of hydrogen-bond donors (Lipinski definition) is 1. The van der Waals surface area contributed by atoms with Crippen LogP contribution in [-0.4, -0.2) is 22.0 Å². The molecule has 2 aliphatic heterocycles. The smallest absolute Gasteiger partial charge is 0.216 e. The number of allylic oxidation sites excluding steroid dienone is 2. The molecule has 0 N–H and O–H groups in total. The van der Waals surface area contributed by atoms with Gasteiger partial charge in [-0.05, 0) is 36.6 Å². The Hall–Kier alpha value is -2.32. The van der Waals surface area contributed by atoms with Crippen LogP contribution in [0.15, 0.2) is 58.7 Å². The van der Waals surface area contributed by atoms with Crippen molar-refractivity contribution in [2.24, 2.45) is 10.9 Å². The van der Waals surface area contributed by atoms with Gasteiger partial charge >= 0.3 is 0 Å². The summed E-state index contributed by atoms with van der Waals surface area (Å²) in [5, 5.41) is 9.62. The van der Waals surface area contributed by atoms with Crippen molar-refractivity contribution < 1.29 is 4.74 Å². The van der Waals surface area contributed by atoms with E-state index in [1.165, 1.54) is 0 Å². The quantitative estimate of drug-likeness (QED) is 0.629. The van der Waals surface area contributed by atoms with Crippen molar-refractivity contribution in [3.05, 3.63) is 59.3 Å². The van der Waals surface area contributed by atoms with Crippen LogP contribution in [0.25, 0.3) is 5.57 Å². The van der Waals surface area contributed by atoms with Crippen molar-refractivity contribution in [3.63, 3.8) is 0 Å². The zero-order chi connectivity index (χ0) is 16.7. The van der Waals surface area contributed by atoms with Crippen LogP contribution in [0.1, 0.15) is 25.3 Å². The molecule has 0 spiro atoms. The van der Waals surface area contributed by atoms with E-state index >= 15 is 0 Å². The number of hydrogen-bond acceptors (Lipinski definition) is 5. The topological polar surface area (TPSA) is 58.3 Å². The van der Waals surface area contributed by atoms with Crippen molar-refractivity contribution >= 4 is 24.4 Å². The number of thiol groups is 1. The Balaban J connectivity index is 1.67. The SMILES string of the molecule is CC1(S)C=CC2=C(N=C1)OC1C/C(=C(/C#N)c3ccncc3)CC21. The number of pyridine rings is 1. The molecule has 4 nitrogen and oxygen atoms in total. The van der Waals surface area contributed by atoms with E-state index < -0.39 is 0 Å². The highest BCUT2D eigenvalue weighted by molar-refractivity contribution is 7.82. The number of fused-ring (bicyclic) bond motifs is 2. The van der Waals surface area contributed by atoms with Crippen LogP contribution >= 0.6 is 12.6 Å². The fourth-order valence-corrected chi connectivity index (χ4v) is 3.66. The van der Waals surface area contributed by atoms with Crippen molar-refractivity contribution in [2.75, 3.05) is 0 Å². The Morgan fingerprint density at radius 1 is 1.38 bits per heavy atom. The van der Waals surface area contributed by atoms with Gasteiger partial charge in [0.2, 0.25) is 5.88 Å². The number of aromatic nitrogens is 1. The first-order valence-corrected chi connectivity index (χ1v) is 8.42. The van der Waals surface area contributed by atoms with E-state index in [9.17, 15) is 5.26 Å². The molecule has 0 radical (unpaired) electrons. The fourth-order valence-electron chi connectivity index (χ4n) is 3.53. The van der Waals surface area contributed by atoms with Gasteiger partial charge < -0.3 is 4.74 Å². The fraction of sp³-hybridized carbons (Fsp3) is 0.316. The van der Waals surface area contributed by atoms with Crippen molar-refractivity contribution in [2.45, 2.75) is 30.6 Å². The second-order valence-corrected chi connectivity index (χ2v) is 7.54. The van der Waals surface area contributed by atoms with Crippen LogP contribution in [0, 0.1) is 17.2 Å². The molecule has 3 heterocycles. The number of nitrogens with zero attached hydrogens (tertiary/aromatic N) is 3. The summed E-state index contributed by atoms with van der Waals surface area (Å²) in [7, 11) is 0. The van der Waals surface area contributed by atoms with E-state index in [1.54, 1.807) is 12.4 Å². The van der Waals surface area contributed by atoms with Crippen molar-refractivity contribution in [1.82, 2.24) is 4.98 Å². The molecule has 3 aliphatic rings. The summed E-state index contributed by atoms with van der Waals surface area (Å²) in [6.07, 6.45) is 11.0. The van der Waals surface area contributed by atoms with Gasteiger partial charge in [0, 0.05) is 36.5 Å². The lowest BCUT2D eigenvalue weighted by atomic mass is 9.95. The van der Waals surface area contributed by atoms with E-state index in [0.717, 1.165) is 35.1 Å². The first-order chi connectivity index (χ1) is 11.6. The molecule has 3 unspecified atom stereocenters. The molecule has 1 aromatic heterocycles. The van der Waals surface area contributed by atoms with Gasteiger partial charge in [-0.3, -0.25) is 4.98 Å². The van der Waals surface area contributed by atoms with Gasteiger partial charge in [-0.25, -0.2) is 4.99 Å². The molecule has 1 saturated carbocycles. The highest BCUT2D eigenvalue weighted by Gasteiger charge is 2.43. The van der Waals surface area contributed by atoms with Crippen LogP contribution in [0.3, 0.4) is 0 Å². The summed E-state index contributed by atoms with van der Waals surface area (Å²) in [6, 6.07) is 6.13. The molecule has 24 heavy (non-hydrogen) atoms. The highest BCUT2D eigenvalue weighted by atomic mass is 32.1. The molecule has 3 atom stereocenters. The number of nitriles is 1. The maximum Gasteiger partial charge on any atom is 0.216 e. The average molecular weight is 335 g/mol. The first-order valence-electron chi connectivity index (χ1n) is 7.97. The number of ether oxygens (including phenoxy) is 1. The van der Waals surface area contributed by atoms with Gasteiger partial charge in [0.1, 0.15) is 6.10 Å². The molecular weight excluding hydrogens is 318 g/mol. The predicted octanol–water partition coefficient (Wildman–Crippen LogP) is 3.71. The lowest BCUT2D eigenvalue weighted by Gasteiger charge is -2.13. The van der Waals surface area contributed by atoms with Gasteiger partial charge in [-0.1, -0.05) is 12.2 Å². The Labute approximate surface area is 146 Å². The van der Waals surface area contributed by atoms with Crippen LogP contribution in [0.4, 0.5) is 0 Å². The van der Waals surface area contributed by atoms with Crippen LogP contribution < -0.4 is 0 Å². The van der Waals surface area contributed by atoms with Crippen molar-refractivity contribution in [1.29, 1.82) is 5.26 Å². The maximum atomic E-state index is 9.62. The van der Waals surface area contributed by atoms with Gasteiger partial charge in [-0.2, -0.15) is 17.9 Å². The summed E-state index contributed by atoms with van der Waals surface area (Å²) in [4.78, 5) is 8.50. The molecule has 1 fully saturated rings. The molecule has 0 aromatic carbocycles. The Bertz CT molecular complexity index is 843. The summed E-state index contributed by atoms with van der Waals surface area (Å²) in [5.41, 5.74) is 3.95. The molecule has 0 amide bonds. The molecule has 0 bridgehead atoms. The Kier molecular flexibility index (Phi) is 3.58. The van der Waals surface area contributed by atoms with E-state index in [2.05, 4.69) is 34.8 Å². The minimum Gasteiger partial charge on any atom is -0.473 e. The van der Waals surface area contributed by atoms with E-state index in [-0.39, 0.29) is 16.8 Å². The number of rotatable bonds is 1. The largest absolute Gasteiger partial charge is 0.473 e. The van der Waals surface area contributed by atoms with E-state index in [1.807, 2.05) is 31.3 Å². The maximum absolute atomic E-state index is 9.62. The van der Waals surface area contributed by atoms with Crippen LogP contribution in [-0.2, 0) is 4.74 Å². The minimum absolute atomic E-state index is 0.0706. The van der Waals surface area contributed by atoms with Crippen molar-refractivity contribution in [3.8, 4) is 6.07 Å². The molecule has 0 saturated heterocycles. The van der Waals surface area contributed by atoms with E-state index in [4.69, 9.17) is 4.74 Å². The summed E-state index contributed by atoms with van der Waals surface area (Å²) < 4.78 is 5.70. The molecule has 4 rings (SSSR count). The minimum atomic E-state index is -0.366. The van der Waals surface area contributed by atoms with Crippen LogP contribution in [0.5, 0.6) is 0 Å². The third-order valence-corrected chi connectivity index (χ3v) is 5.01. The van der Waals surface area contributed by atoms with Crippen LogP contribution in [0.2, 0.25) is 0 Å². The normalized spacial score (nSPS) is 32.7. The third kappa shape index (κ3) is 2.57. The molecule has 1 aromatic rings. The lowest BCUT2D eigenvalue weighted by molar-refractivity contribution is 0.129. The van der Waals surface area contributed by atoms with Gasteiger partial charge in [0.05, 0.1) is 16.4 Å². The van der Waals surface area contributed by atoms with Gasteiger partial charge in [-0.15, -0.1) is 0 Å². The molecule has 120 valence electrons. The monoisotopic (exact) mass is 335 g/mol. The summed E-state index contributed by atoms with van der Waals surface area (Å²) >= 11 is 4.56. The highest BCUT2D eigenvalue weighted by Crippen LogP contribution is 2.48. The van der Waals surface area contributed by atoms with E-state index in [0.29, 0.717) is 5.88 Å². The Morgan fingerprint density at radius 3 is 2.92 bits per heavy atom. The average Bonchev–Trinajstić information content (AvgIpc) is 3.06. The molecular formula is C19H17N3OS. The zero-order valence-corrected chi connectivity index (χ0v) is 14.2. The third-order valence-electron chi connectivity index (χ3n) is 4.75. The van der Waals surface area contributed by atoms with Gasteiger partial charge in [0.15, 0.2) is 0 Å². The second-order valence-electron chi connectivity index (χ2n) is 6.58. The molecule has 5 heteroatoms. The van der Waals surface area contributed by atoms with Gasteiger partial charge in [0.25, 0.3) is 0 Å².